The Morgan fingerprint density at radius 2 is 1.56 bits per heavy atom. The fraction of sp³-hybridized carbons (Fsp3) is 0.238. The lowest BCUT2D eigenvalue weighted by molar-refractivity contribution is -0.120. The zero-order chi connectivity index (χ0) is 19.1. The Labute approximate surface area is 168 Å². The van der Waals surface area contributed by atoms with Gasteiger partial charge in [-0.05, 0) is 55.2 Å². The second-order valence-corrected chi connectivity index (χ2v) is 7.65. The molecule has 2 aliphatic rings. The fourth-order valence-electron chi connectivity index (χ4n) is 3.58. The van der Waals surface area contributed by atoms with Gasteiger partial charge in [0, 0.05) is 23.1 Å². The van der Waals surface area contributed by atoms with Gasteiger partial charge in [0.15, 0.2) is 0 Å². The topological polar surface area (TPSA) is 40.6 Å². The maximum Gasteiger partial charge on any atom is 0.282 e. The highest BCUT2D eigenvalue weighted by Crippen LogP contribution is 2.37. The van der Waals surface area contributed by atoms with E-state index in [0.29, 0.717) is 32.6 Å². The van der Waals surface area contributed by atoms with Crippen LogP contribution >= 0.6 is 23.2 Å². The van der Waals surface area contributed by atoms with Gasteiger partial charge in [-0.2, -0.15) is 0 Å². The number of imide groups is 1. The summed E-state index contributed by atoms with van der Waals surface area (Å²) in [4.78, 5) is 29.8. The van der Waals surface area contributed by atoms with E-state index in [9.17, 15) is 9.59 Å². The van der Waals surface area contributed by atoms with E-state index >= 15 is 0 Å². The molecule has 1 fully saturated rings. The predicted octanol–water partition coefficient (Wildman–Crippen LogP) is 4.68. The number of benzene rings is 2. The summed E-state index contributed by atoms with van der Waals surface area (Å²) >= 11 is 12.2. The second kappa shape index (κ2) is 7.02. The van der Waals surface area contributed by atoms with Crippen LogP contribution in [0.2, 0.25) is 10.0 Å². The van der Waals surface area contributed by atoms with Crippen molar-refractivity contribution in [3.05, 3.63) is 69.3 Å². The molecule has 0 atom stereocenters. The quantitative estimate of drug-likeness (QED) is 0.702. The van der Waals surface area contributed by atoms with Gasteiger partial charge in [0.1, 0.15) is 5.70 Å². The van der Waals surface area contributed by atoms with Crippen LogP contribution in [0.25, 0.3) is 5.57 Å². The first-order valence-corrected chi connectivity index (χ1v) is 9.63. The highest BCUT2D eigenvalue weighted by atomic mass is 35.5. The van der Waals surface area contributed by atoms with Gasteiger partial charge < -0.3 is 4.90 Å². The number of rotatable bonds is 3. The monoisotopic (exact) mass is 400 g/mol. The average Bonchev–Trinajstić information content (AvgIpc) is 3.25. The van der Waals surface area contributed by atoms with Crippen LogP contribution < -0.4 is 4.90 Å². The summed E-state index contributed by atoms with van der Waals surface area (Å²) in [6, 6.07) is 12.3. The first-order valence-electron chi connectivity index (χ1n) is 8.87. The van der Waals surface area contributed by atoms with E-state index in [1.54, 1.807) is 36.4 Å². The van der Waals surface area contributed by atoms with Crippen LogP contribution in [0.3, 0.4) is 0 Å². The molecule has 0 radical (unpaired) electrons. The van der Waals surface area contributed by atoms with E-state index in [4.69, 9.17) is 23.2 Å². The highest BCUT2D eigenvalue weighted by molar-refractivity contribution is 6.45. The van der Waals surface area contributed by atoms with Crippen LogP contribution in [-0.2, 0) is 9.59 Å². The Morgan fingerprint density at radius 3 is 2.19 bits per heavy atom. The fourth-order valence-corrected chi connectivity index (χ4v) is 3.89. The molecule has 27 heavy (non-hydrogen) atoms. The minimum atomic E-state index is -0.329. The second-order valence-electron chi connectivity index (χ2n) is 6.80. The molecule has 0 spiro atoms. The largest absolute Gasteiger partial charge is 0.366 e. The van der Waals surface area contributed by atoms with Crippen LogP contribution in [0.5, 0.6) is 0 Å². The standard InChI is InChI=1S/C21H18Cl2N2O2/c1-13-4-9-16(12-17(13)23)25-20(26)18(14-5-7-15(22)8-6-14)19(21(25)27)24-10-2-3-11-24/h4-9,12H,2-3,10-11H2,1H3. The highest BCUT2D eigenvalue weighted by Gasteiger charge is 2.43. The van der Waals surface area contributed by atoms with E-state index in [1.807, 2.05) is 17.9 Å². The minimum Gasteiger partial charge on any atom is -0.366 e. The number of carbonyl (C=O) groups excluding carboxylic acids is 2. The van der Waals surface area contributed by atoms with Gasteiger partial charge in [-0.15, -0.1) is 0 Å². The van der Waals surface area contributed by atoms with E-state index in [1.165, 1.54) is 4.90 Å². The lowest BCUT2D eigenvalue weighted by Gasteiger charge is -2.20. The zero-order valence-corrected chi connectivity index (χ0v) is 16.3. The van der Waals surface area contributed by atoms with Gasteiger partial charge in [-0.3, -0.25) is 9.59 Å². The normalized spacial score (nSPS) is 17.4. The van der Waals surface area contributed by atoms with Gasteiger partial charge in [-0.25, -0.2) is 4.90 Å². The van der Waals surface area contributed by atoms with Crippen LogP contribution in [0, 0.1) is 6.92 Å². The number of halogens is 2. The molecule has 2 aromatic carbocycles. The molecular weight excluding hydrogens is 383 g/mol. The zero-order valence-electron chi connectivity index (χ0n) is 14.8. The van der Waals surface area contributed by atoms with E-state index in [-0.39, 0.29) is 11.8 Å². The summed E-state index contributed by atoms with van der Waals surface area (Å²) in [6.07, 6.45) is 2.02. The number of hydrogen-bond donors (Lipinski definition) is 0. The van der Waals surface area contributed by atoms with Crippen LogP contribution in [0.4, 0.5) is 5.69 Å². The van der Waals surface area contributed by atoms with Crippen molar-refractivity contribution >= 4 is 46.3 Å². The summed E-state index contributed by atoms with van der Waals surface area (Å²) in [7, 11) is 0. The van der Waals surface area contributed by atoms with Crippen molar-refractivity contribution in [2.45, 2.75) is 19.8 Å². The molecule has 2 heterocycles. The van der Waals surface area contributed by atoms with E-state index in [2.05, 4.69) is 0 Å². The number of carbonyl (C=O) groups is 2. The molecule has 4 rings (SSSR count). The summed E-state index contributed by atoms with van der Waals surface area (Å²) in [5.41, 5.74) is 2.97. The maximum absolute atomic E-state index is 13.3. The number of anilines is 1. The van der Waals surface area contributed by atoms with Crippen LogP contribution in [0.15, 0.2) is 48.2 Å². The molecule has 4 nitrogen and oxygen atoms in total. The number of nitrogens with zero attached hydrogens (tertiary/aromatic N) is 2. The molecule has 0 aliphatic carbocycles. The maximum atomic E-state index is 13.3. The van der Waals surface area contributed by atoms with Gasteiger partial charge in [0.25, 0.3) is 11.8 Å². The molecule has 2 aliphatic heterocycles. The summed E-state index contributed by atoms with van der Waals surface area (Å²) in [5.74, 6) is -0.629. The Bertz CT molecular complexity index is 961. The molecule has 1 saturated heterocycles. The molecule has 0 saturated carbocycles. The number of likely N-dealkylation sites (tertiary alicyclic amines) is 1. The van der Waals surface area contributed by atoms with Crippen LogP contribution in [0.1, 0.15) is 24.0 Å². The van der Waals surface area contributed by atoms with Crippen molar-refractivity contribution in [2.24, 2.45) is 0 Å². The van der Waals surface area contributed by atoms with Gasteiger partial charge >= 0.3 is 0 Å². The third-order valence-corrected chi connectivity index (χ3v) is 5.69. The molecule has 138 valence electrons. The van der Waals surface area contributed by atoms with E-state index in [0.717, 1.165) is 31.5 Å². The molecule has 0 bridgehead atoms. The lowest BCUT2D eigenvalue weighted by Crippen LogP contribution is -2.34. The number of hydrogen-bond acceptors (Lipinski definition) is 3. The number of amides is 2. The van der Waals surface area contributed by atoms with E-state index < -0.39 is 0 Å². The Kier molecular flexibility index (Phi) is 4.70. The summed E-state index contributed by atoms with van der Waals surface area (Å²) in [6.45, 7) is 3.43. The smallest absolute Gasteiger partial charge is 0.282 e. The molecule has 0 N–H and O–H groups in total. The third kappa shape index (κ3) is 3.13. The van der Waals surface area contributed by atoms with Gasteiger partial charge in [0.2, 0.25) is 0 Å². The van der Waals surface area contributed by atoms with Crippen molar-refractivity contribution in [3.8, 4) is 0 Å². The molecule has 2 amide bonds. The van der Waals surface area contributed by atoms with Crippen molar-refractivity contribution in [1.82, 2.24) is 4.90 Å². The van der Waals surface area contributed by atoms with Crippen molar-refractivity contribution < 1.29 is 9.59 Å². The van der Waals surface area contributed by atoms with Crippen molar-refractivity contribution in [3.63, 3.8) is 0 Å². The molecular formula is C21H18Cl2N2O2. The SMILES string of the molecule is Cc1ccc(N2C(=O)C(c3ccc(Cl)cc3)=C(N3CCCC3)C2=O)cc1Cl. The Hall–Kier alpha value is -2.30. The molecule has 6 heteroatoms. The third-order valence-electron chi connectivity index (χ3n) is 5.03. The molecule has 2 aromatic rings. The minimum absolute atomic E-state index is 0.299. The summed E-state index contributed by atoms with van der Waals surface area (Å²) in [5, 5.41) is 1.11. The Balaban J connectivity index is 1.83. The van der Waals surface area contributed by atoms with Gasteiger partial charge in [-0.1, -0.05) is 41.4 Å². The first-order chi connectivity index (χ1) is 13.0. The number of aryl methyl sites for hydroxylation is 1. The lowest BCUT2D eigenvalue weighted by atomic mass is 10.0. The predicted molar refractivity (Wildman–Crippen MR) is 108 cm³/mol. The Morgan fingerprint density at radius 1 is 0.889 bits per heavy atom. The van der Waals surface area contributed by atoms with Gasteiger partial charge in [0.05, 0.1) is 11.3 Å². The first kappa shape index (κ1) is 18.1. The summed E-state index contributed by atoms with van der Waals surface area (Å²) < 4.78 is 0. The molecule has 0 unspecified atom stereocenters. The molecule has 0 aromatic heterocycles. The average molecular weight is 401 g/mol. The van der Waals surface area contributed by atoms with Crippen molar-refractivity contribution in [2.75, 3.05) is 18.0 Å². The van der Waals surface area contributed by atoms with Crippen LogP contribution in [-0.4, -0.2) is 29.8 Å². The van der Waals surface area contributed by atoms with Crippen molar-refractivity contribution in [1.29, 1.82) is 0 Å².